The summed E-state index contributed by atoms with van der Waals surface area (Å²) < 4.78 is 18.2. The van der Waals surface area contributed by atoms with E-state index in [1.54, 1.807) is 0 Å². The number of rotatable bonds is 10. The fraction of sp³-hybridized carbons (Fsp3) is 1.00. The molecule has 0 spiro atoms. The Kier molecular flexibility index (Phi) is 8.71. The van der Waals surface area contributed by atoms with Crippen LogP contribution in [-0.4, -0.2) is 30.3 Å². The Morgan fingerprint density at radius 2 is 1.00 bits per heavy atom. The van der Waals surface area contributed by atoms with Gasteiger partial charge in [0.05, 0.1) is 0 Å². The highest BCUT2D eigenvalue weighted by Gasteiger charge is 2.36. The minimum atomic E-state index is -2.05. The predicted octanol–water partition coefficient (Wildman–Crippen LogP) is 4.53. The molecule has 19 heavy (non-hydrogen) atoms. The van der Waals surface area contributed by atoms with E-state index in [9.17, 15) is 0 Å². The van der Waals surface area contributed by atoms with E-state index in [4.69, 9.17) is 13.0 Å². The number of hydrogen-bond donors (Lipinski definition) is 0. The Labute approximate surface area is 122 Å². The van der Waals surface area contributed by atoms with Crippen molar-refractivity contribution < 1.29 is 13.0 Å². The van der Waals surface area contributed by atoms with Crippen molar-refractivity contribution in [2.45, 2.75) is 66.7 Å². The Bertz CT molecular complexity index is 217. The predicted molar refractivity (Wildman–Crippen MR) is 86.9 cm³/mol. The van der Waals surface area contributed by atoms with Crippen LogP contribution in [0.3, 0.4) is 0 Å². The van der Waals surface area contributed by atoms with Crippen molar-refractivity contribution in [2.24, 2.45) is 11.8 Å². The minimum Gasteiger partial charge on any atom is -0.415 e. The fourth-order valence-electron chi connectivity index (χ4n) is 1.73. The topological polar surface area (TPSA) is 27.7 Å². The van der Waals surface area contributed by atoms with Crippen LogP contribution in [0.1, 0.15) is 40.5 Å². The van der Waals surface area contributed by atoms with Gasteiger partial charge in [0, 0.05) is 13.2 Å². The molecular formula is C14H34O3Si2. The van der Waals surface area contributed by atoms with Crippen LogP contribution in [0, 0.1) is 11.8 Å². The van der Waals surface area contributed by atoms with Gasteiger partial charge in [-0.05, 0) is 50.9 Å². The second-order valence-electron chi connectivity index (χ2n) is 6.96. The van der Waals surface area contributed by atoms with Crippen LogP contribution >= 0.6 is 0 Å². The van der Waals surface area contributed by atoms with Gasteiger partial charge < -0.3 is 13.0 Å². The average Bonchev–Trinajstić information content (AvgIpc) is 2.12. The summed E-state index contributed by atoms with van der Waals surface area (Å²) in [5, 5.41) is 0. The molecule has 0 aromatic carbocycles. The van der Waals surface area contributed by atoms with Gasteiger partial charge in [0.1, 0.15) is 0 Å². The summed E-state index contributed by atoms with van der Waals surface area (Å²) in [6, 6.07) is 0. The van der Waals surface area contributed by atoms with Crippen molar-refractivity contribution in [3.63, 3.8) is 0 Å². The van der Waals surface area contributed by atoms with Gasteiger partial charge in [0.25, 0.3) is 0 Å². The second kappa shape index (κ2) is 8.57. The van der Waals surface area contributed by atoms with Gasteiger partial charge in [-0.2, -0.15) is 0 Å². The van der Waals surface area contributed by atoms with Crippen LogP contribution in [-0.2, 0) is 13.0 Å². The first kappa shape index (κ1) is 19.3. The van der Waals surface area contributed by atoms with E-state index in [1.165, 1.54) is 0 Å². The van der Waals surface area contributed by atoms with Gasteiger partial charge in [-0.1, -0.05) is 27.7 Å². The fourth-order valence-corrected chi connectivity index (χ4v) is 8.16. The van der Waals surface area contributed by atoms with Gasteiger partial charge in [0.2, 0.25) is 0 Å². The molecule has 0 saturated carbocycles. The lowest BCUT2D eigenvalue weighted by Crippen LogP contribution is -2.48. The Balaban J connectivity index is 4.06. The maximum absolute atomic E-state index is 6.22. The van der Waals surface area contributed by atoms with E-state index in [0.29, 0.717) is 11.8 Å². The molecule has 0 amide bonds. The SMILES string of the molecule is CC(C)CCO[Si](C)(C)O[Si](C)(C)OCCC(C)C. The molecule has 116 valence electrons. The Morgan fingerprint density at radius 3 is 1.26 bits per heavy atom. The number of hydrogen-bond acceptors (Lipinski definition) is 3. The zero-order valence-corrected chi connectivity index (χ0v) is 16.2. The molecule has 0 aromatic heterocycles. The van der Waals surface area contributed by atoms with E-state index in [0.717, 1.165) is 26.1 Å². The maximum Gasteiger partial charge on any atom is 0.322 e. The van der Waals surface area contributed by atoms with Gasteiger partial charge in [-0.15, -0.1) is 0 Å². The lowest BCUT2D eigenvalue weighted by molar-refractivity contribution is 0.183. The largest absolute Gasteiger partial charge is 0.415 e. The zero-order chi connectivity index (χ0) is 15.1. The van der Waals surface area contributed by atoms with Gasteiger partial charge >= 0.3 is 17.1 Å². The maximum atomic E-state index is 6.22. The van der Waals surface area contributed by atoms with E-state index < -0.39 is 17.1 Å². The molecule has 0 fully saturated rings. The summed E-state index contributed by atoms with van der Waals surface area (Å²) >= 11 is 0. The van der Waals surface area contributed by atoms with Crippen molar-refractivity contribution in [3.8, 4) is 0 Å². The van der Waals surface area contributed by atoms with Gasteiger partial charge in [-0.25, -0.2) is 0 Å². The van der Waals surface area contributed by atoms with E-state index in [2.05, 4.69) is 53.9 Å². The molecule has 0 heterocycles. The molecular weight excluding hydrogens is 272 g/mol. The standard InChI is InChI=1S/C14H34O3Si2/c1-13(2)9-11-15-18(5,6)17-19(7,8)16-12-10-14(3)4/h13-14H,9-12H2,1-8H3. The first-order valence-corrected chi connectivity index (χ1v) is 13.2. The quantitative estimate of drug-likeness (QED) is 0.555. The highest BCUT2D eigenvalue weighted by Crippen LogP contribution is 2.18. The van der Waals surface area contributed by atoms with E-state index in [-0.39, 0.29) is 0 Å². The van der Waals surface area contributed by atoms with Crippen LogP contribution in [0.5, 0.6) is 0 Å². The summed E-state index contributed by atoms with van der Waals surface area (Å²) in [7, 11) is -4.09. The Morgan fingerprint density at radius 1 is 0.684 bits per heavy atom. The van der Waals surface area contributed by atoms with Crippen LogP contribution in [0.15, 0.2) is 0 Å². The van der Waals surface area contributed by atoms with Crippen LogP contribution in [0.25, 0.3) is 0 Å². The van der Waals surface area contributed by atoms with Crippen LogP contribution in [0.4, 0.5) is 0 Å². The summed E-state index contributed by atoms with van der Waals surface area (Å²) in [5.41, 5.74) is 0. The molecule has 0 aliphatic heterocycles. The van der Waals surface area contributed by atoms with Gasteiger partial charge in [-0.3, -0.25) is 0 Å². The van der Waals surface area contributed by atoms with Crippen molar-refractivity contribution in [2.75, 3.05) is 13.2 Å². The monoisotopic (exact) mass is 306 g/mol. The van der Waals surface area contributed by atoms with Crippen LogP contribution < -0.4 is 0 Å². The first-order chi connectivity index (χ1) is 8.54. The molecule has 0 bridgehead atoms. The van der Waals surface area contributed by atoms with Crippen LogP contribution in [0.2, 0.25) is 26.2 Å². The lowest BCUT2D eigenvalue weighted by atomic mass is 10.2. The molecule has 0 unspecified atom stereocenters. The molecule has 3 nitrogen and oxygen atoms in total. The summed E-state index contributed by atoms with van der Waals surface area (Å²) in [6.07, 6.45) is 2.19. The first-order valence-electron chi connectivity index (χ1n) is 7.52. The second-order valence-corrected chi connectivity index (χ2v) is 14.0. The lowest BCUT2D eigenvalue weighted by Gasteiger charge is -2.33. The molecule has 0 aliphatic rings. The van der Waals surface area contributed by atoms with Crippen molar-refractivity contribution in [1.82, 2.24) is 0 Å². The highest BCUT2D eigenvalue weighted by molar-refractivity contribution is 6.78. The third-order valence-corrected chi connectivity index (χ3v) is 8.51. The molecule has 0 radical (unpaired) electrons. The molecule has 0 atom stereocenters. The van der Waals surface area contributed by atoms with Crippen molar-refractivity contribution >= 4 is 17.1 Å². The van der Waals surface area contributed by atoms with E-state index in [1.807, 2.05) is 0 Å². The summed E-state index contributed by atoms with van der Waals surface area (Å²) in [6.45, 7) is 18.9. The normalized spacial score (nSPS) is 13.6. The summed E-state index contributed by atoms with van der Waals surface area (Å²) in [5.74, 6) is 1.36. The molecule has 0 aromatic rings. The summed E-state index contributed by atoms with van der Waals surface area (Å²) in [4.78, 5) is 0. The smallest absolute Gasteiger partial charge is 0.322 e. The third kappa shape index (κ3) is 11.8. The molecule has 0 N–H and O–H groups in total. The average molecular weight is 307 g/mol. The zero-order valence-electron chi connectivity index (χ0n) is 14.2. The molecule has 0 saturated heterocycles. The van der Waals surface area contributed by atoms with Gasteiger partial charge in [0.15, 0.2) is 0 Å². The highest BCUT2D eigenvalue weighted by atomic mass is 28.5. The minimum absolute atomic E-state index is 0.678. The van der Waals surface area contributed by atoms with Crippen molar-refractivity contribution in [1.29, 1.82) is 0 Å². The third-order valence-electron chi connectivity index (χ3n) is 2.78. The Hall–Kier alpha value is 0.314. The molecule has 0 aliphatic carbocycles. The molecule has 0 rings (SSSR count). The molecule has 5 heteroatoms. The van der Waals surface area contributed by atoms with Crippen molar-refractivity contribution in [3.05, 3.63) is 0 Å². The van der Waals surface area contributed by atoms with E-state index >= 15 is 0 Å².